The van der Waals surface area contributed by atoms with Gasteiger partial charge in [0.2, 0.25) is 0 Å². The Balaban J connectivity index is 1.70. The van der Waals surface area contributed by atoms with Gasteiger partial charge in [0, 0.05) is 19.1 Å². The van der Waals surface area contributed by atoms with E-state index in [-0.39, 0.29) is 5.92 Å². The molecule has 0 amide bonds. The zero-order chi connectivity index (χ0) is 14.3. The number of nitriles is 1. The van der Waals surface area contributed by atoms with Crippen LogP contribution >= 0.6 is 0 Å². The third-order valence-electron chi connectivity index (χ3n) is 6.43. The van der Waals surface area contributed by atoms with Crippen LogP contribution in [0.15, 0.2) is 0 Å². The van der Waals surface area contributed by atoms with Gasteiger partial charge < -0.3 is 0 Å². The van der Waals surface area contributed by atoms with Gasteiger partial charge in [-0.25, -0.2) is 0 Å². The van der Waals surface area contributed by atoms with Crippen LogP contribution in [0.5, 0.6) is 0 Å². The van der Waals surface area contributed by atoms with Crippen molar-refractivity contribution in [3.05, 3.63) is 0 Å². The molecule has 0 N–H and O–H groups in total. The van der Waals surface area contributed by atoms with Gasteiger partial charge >= 0.3 is 0 Å². The standard InChI is InChI=1S/C18H30N2/c1-18(2,3)16-8-7-13(10-19)17(9-16)20-11-14-5-4-6-15(14)12-20/h13-17H,4-9,11-12H2,1-3H3. The van der Waals surface area contributed by atoms with Crippen LogP contribution in [-0.2, 0) is 0 Å². The molecule has 2 heteroatoms. The van der Waals surface area contributed by atoms with Gasteiger partial charge in [0.1, 0.15) is 0 Å². The Morgan fingerprint density at radius 3 is 2.20 bits per heavy atom. The molecule has 5 unspecified atom stereocenters. The molecule has 3 fully saturated rings. The van der Waals surface area contributed by atoms with Crippen molar-refractivity contribution in [1.82, 2.24) is 4.90 Å². The van der Waals surface area contributed by atoms with Crippen LogP contribution in [-0.4, -0.2) is 24.0 Å². The molecule has 1 heterocycles. The fraction of sp³-hybridized carbons (Fsp3) is 0.944. The van der Waals surface area contributed by atoms with Crippen LogP contribution in [0, 0.1) is 40.4 Å². The monoisotopic (exact) mass is 274 g/mol. The summed E-state index contributed by atoms with van der Waals surface area (Å²) in [6.45, 7) is 9.69. The normalized spacial score (nSPS) is 42.4. The number of hydrogen-bond donors (Lipinski definition) is 0. The van der Waals surface area contributed by atoms with Gasteiger partial charge in [-0.15, -0.1) is 0 Å². The smallest absolute Gasteiger partial charge is 0.0672 e. The summed E-state index contributed by atoms with van der Waals surface area (Å²) in [5.41, 5.74) is 0.397. The molecule has 2 nitrogen and oxygen atoms in total. The van der Waals surface area contributed by atoms with Crippen molar-refractivity contribution >= 4 is 0 Å². The molecule has 112 valence electrons. The molecule has 0 spiro atoms. The first kappa shape index (κ1) is 14.4. The van der Waals surface area contributed by atoms with Crippen LogP contribution in [0.3, 0.4) is 0 Å². The maximum atomic E-state index is 9.54. The molecular formula is C18H30N2. The van der Waals surface area contributed by atoms with Crippen LogP contribution < -0.4 is 0 Å². The van der Waals surface area contributed by atoms with E-state index in [1.54, 1.807) is 0 Å². The zero-order valence-electron chi connectivity index (χ0n) is 13.4. The molecule has 3 rings (SSSR count). The van der Waals surface area contributed by atoms with Crippen LogP contribution in [0.1, 0.15) is 59.3 Å². The Kier molecular flexibility index (Phi) is 3.84. The molecule has 1 aliphatic heterocycles. The van der Waals surface area contributed by atoms with Gasteiger partial charge in [0.05, 0.1) is 12.0 Å². The van der Waals surface area contributed by atoms with E-state index in [1.807, 2.05) is 0 Å². The van der Waals surface area contributed by atoms with Crippen molar-refractivity contribution in [2.75, 3.05) is 13.1 Å². The van der Waals surface area contributed by atoms with E-state index >= 15 is 0 Å². The van der Waals surface area contributed by atoms with Gasteiger partial charge in [0.25, 0.3) is 0 Å². The Labute approximate surface area is 124 Å². The predicted octanol–water partition coefficient (Wildman–Crippen LogP) is 4.07. The highest BCUT2D eigenvalue weighted by Gasteiger charge is 2.44. The minimum Gasteiger partial charge on any atom is -0.298 e. The van der Waals surface area contributed by atoms with Gasteiger partial charge in [-0.05, 0) is 55.3 Å². The molecule has 0 radical (unpaired) electrons. The third-order valence-corrected chi connectivity index (χ3v) is 6.43. The summed E-state index contributed by atoms with van der Waals surface area (Å²) >= 11 is 0. The molecule has 1 saturated heterocycles. The summed E-state index contributed by atoms with van der Waals surface area (Å²) < 4.78 is 0. The van der Waals surface area contributed by atoms with E-state index in [4.69, 9.17) is 0 Å². The summed E-state index contributed by atoms with van der Waals surface area (Å²) in [6, 6.07) is 3.17. The number of likely N-dealkylation sites (tertiary alicyclic amines) is 1. The number of nitrogens with zero attached hydrogens (tertiary/aromatic N) is 2. The minimum absolute atomic E-state index is 0.285. The molecular weight excluding hydrogens is 244 g/mol. The lowest BCUT2D eigenvalue weighted by Crippen LogP contribution is -2.45. The van der Waals surface area contributed by atoms with Crippen molar-refractivity contribution in [3.8, 4) is 6.07 Å². The van der Waals surface area contributed by atoms with Gasteiger partial charge in [-0.1, -0.05) is 27.2 Å². The van der Waals surface area contributed by atoms with E-state index in [2.05, 4.69) is 31.7 Å². The first-order valence-electron chi connectivity index (χ1n) is 8.62. The first-order valence-corrected chi connectivity index (χ1v) is 8.62. The highest BCUT2D eigenvalue weighted by Crippen LogP contribution is 2.45. The van der Waals surface area contributed by atoms with E-state index in [1.165, 1.54) is 45.2 Å². The van der Waals surface area contributed by atoms with E-state index in [9.17, 15) is 5.26 Å². The number of rotatable bonds is 1. The first-order chi connectivity index (χ1) is 9.49. The van der Waals surface area contributed by atoms with Gasteiger partial charge in [0.15, 0.2) is 0 Å². The van der Waals surface area contributed by atoms with Crippen molar-refractivity contribution in [2.45, 2.75) is 65.3 Å². The molecule has 0 aromatic rings. The van der Waals surface area contributed by atoms with E-state index < -0.39 is 0 Å². The fourth-order valence-electron chi connectivity index (χ4n) is 5.03. The Bertz CT molecular complexity index is 377. The van der Waals surface area contributed by atoms with Crippen molar-refractivity contribution in [3.63, 3.8) is 0 Å². The lowest BCUT2D eigenvalue weighted by atomic mass is 9.68. The summed E-state index contributed by atoms with van der Waals surface area (Å²) in [6.07, 6.45) is 7.94. The molecule has 20 heavy (non-hydrogen) atoms. The number of hydrogen-bond acceptors (Lipinski definition) is 2. The van der Waals surface area contributed by atoms with Gasteiger partial charge in [-0.2, -0.15) is 5.26 Å². The quantitative estimate of drug-likeness (QED) is 0.720. The second-order valence-electron chi connectivity index (χ2n) is 8.58. The molecule has 0 aromatic carbocycles. The SMILES string of the molecule is CC(C)(C)C1CCC(C#N)C(N2CC3CCCC3C2)C1. The van der Waals surface area contributed by atoms with E-state index in [0.717, 1.165) is 24.2 Å². The lowest BCUT2D eigenvalue weighted by Gasteiger charge is -2.43. The zero-order valence-corrected chi connectivity index (χ0v) is 13.4. The molecule has 2 saturated carbocycles. The summed E-state index contributed by atoms with van der Waals surface area (Å²) in [5, 5.41) is 9.54. The maximum absolute atomic E-state index is 9.54. The molecule has 0 aromatic heterocycles. The summed E-state index contributed by atoms with van der Waals surface area (Å²) in [7, 11) is 0. The van der Waals surface area contributed by atoms with Gasteiger partial charge in [-0.3, -0.25) is 4.90 Å². The minimum atomic E-state index is 0.285. The molecule has 3 aliphatic rings. The average molecular weight is 274 g/mol. The van der Waals surface area contributed by atoms with Crippen molar-refractivity contribution in [1.29, 1.82) is 5.26 Å². The van der Waals surface area contributed by atoms with Crippen molar-refractivity contribution < 1.29 is 0 Å². The van der Waals surface area contributed by atoms with Crippen molar-refractivity contribution in [2.24, 2.45) is 29.1 Å². The largest absolute Gasteiger partial charge is 0.298 e. The molecule has 2 aliphatic carbocycles. The molecule has 0 bridgehead atoms. The highest BCUT2D eigenvalue weighted by molar-refractivity contribution is 5.02. The van der Waals surface area contributed by atoms with Crippen LogP contribution in [0.25, 0.3) is 0 Å². The lowest BCUT2D eigenvalue weighted by molar-refractivity contribution is 0.0695. The topological polar surface area (TPSA) is 27.0 Å². The Morgan fingerprint density at radius 2 is 1.65 bits per heavy atom. The fourth-order valence-corrected chi connectivity index (χ4v) is 5.03. The summed E-state index contributed by atoms with van der Waals surface area (Å²) in [4.78, 5) is 2.71. The highest BCUT2D eigenvalue weighted by atomic mass is 15.2. The summed E-state index contributed by atoms with van der Waals surface area (Å²) in [5.74, 6) is 2.97. The third kappa shape index (κ3) is 2.62. The predicted molar refractivity (Wildman–Crippen MR) is 82.1 cm³/mol. The second kappa shape index (κ2) is 5.34. The average Bonchev–Trinajstić information content (AvgIpc) is 2.97. The maximum Gasteiger partial charge on any atom is 0.0672 e. The number of fused-ring (bicyclic) bond motifs is 1. The van der Waals surface area contributed by atoms with Crippen LogP contribution in [0.4, 0.5) is 0 Å². The second-order valence-corrected chi connectivity index (χ2v) is 8.58. The Hall–Kier alpha value is -0.550. The Morgan fingerprint density at radius 1 is 1.00 bits per heavy atom. The van der Waals surface area contributed by atoms with Crippen LogP contribution in [0.2, 0.25) is 0 Å². The molecule has 5 atom stereocenters. The van der Waals surface area contributed by atoms with E-state index in [0.29, 0.717) is 11.5 Å².